The Morgan fingerprint density at radius 3 is 2.81 bits per heavy atom. The lowest BCUT2D eigenvalue weighted by Crippen LogP contribution is -2.32. The van der Waals surface area contributed by atoms with Crippen molar-refractivity contribution in [3.63, 3.8) is 0 Å². The largest absolute Gasteiger partial charge is 0.382 e. The Balaban J connectivity index is 2.59. The number of ether oxygens (including phenoxy) is 2. The molecule has 0 saturated heterocycles. The molecule has 0 aromatic carbocycles. The van der Waals surface area contributed by atoms with Crippen molar-refractivity contribution in [2.24, 2.45) is 5.84 Å². The summed E-state index contributed by atoms with van der Waals surface area (Å²) in [5.41, 5.74) is 3.69. The van der Waals surface area contributed by atoms with E-state index in [1.54, 1.807) is 13.3 Å². The summed E-state index contributed by atoms with van der Waals surface area (Å²) in [7, 11) is 5.69. The van der Waals surface area contributed by atoms with Crippen molar-refractivity contribution < 1.29 is 9.47 Å². The zero-order valence-corrected chi connectivity index (χ0v) is 13.8. The Morgan fingerprint density at radius 2 is 2.19 bits per heavy atom. The summed E-state index contributed by atoms with van der Waals surface area (Å²) in [6, 6.07) is -0.0929. The van der Waals surface area contributed by atoms with Gasteiger partial charge in [-0.15, -0.1) is 0 Å². The molecule has 122 valence electrons. The van der Waals surface area contributed by atoms with Crippen LogP contribution >= 0.6 is 11.6 Å². The van der Waals surface area contributed by atoms with Gasteiger partial charge in [0.05, 0.1) is 42.7 Å². The maximum atomic E-state index is 6.24. The smallest absolute Gasteiger partial charge is 0.0834 e. The minimum atomic E-state index is -0.0929. The first kappa shape index (κ1) is 18.3. The van der Waals surface area contributed by atoms with Crippen LogP contribution in [0.1, 0.15) is 18.2 Å². The van der Waals surface area contributed by atoms with Crippen molar-refractivity contribution in [3.8, 4) is 0 Å². The van der Waals surface area contributed by atoms with E-state index in [0.29, 0.717) is 31.3 Å². The number of rotatable bonds is 11. The lowest BCUT2D eigenvalue weighted by molar-refractivity contribution is 0.0654. The summed E-state index contributed by atoms with van der Waals surface area (Å²) in [4.78, 5) is 2.10. The van der Waals surface area contributed by atoms with Gasteiger partial charge in [0.2, 0.25) is 0 Å². The first-order valence-electron chi connectivity index (χ1n) is 6.98. The molecular weight excluding hydrogens is 294 g/mol. The number of methoxy groups -OCH3 is 1. The molecule has 1 unspecified atom stereocenters. The average Bonchev–Trinajstić information content (AvgIpc) is 2.82. The zero-order valence-electron chi connectivity index (χ0n) is 13.0. The molecule has 7 nitrogen and oxygen atoms in total. The van der Waals surface area contributed by atoms with Crippen LogP contribution in [0.25, 0.3) is 0 Å². The van der Waals surface area contributed by atoms with Crippen molar-refractivity contribution >= 4 is 11.6 Å². The van der Waals surface area contributed by atoms with E-state index >= 15 is 0 Å². The van der Waals surface area contributed by atoms with E-state index in [1.165, 1.54) is 0 Å². The molecule has 0 radical (unpaired) electrons. The highest BCUT2D eigenvalue weighted by Gasteiger charge is 2.19. The van der Waals surface area contributed by atoms with E-state index in [2.05, 4.69) is 15.4 Å². The lowest BCUT2D eigenvalue weighted by atomic mass is 10.1. The second-order valence-electron chi connectivity index (χ2n) is 5.02. The molecule has 1 rings (SSSR count). The first-order valence-corrected chi connectivity index (χ1v) is 7.36. The van der Waals surface area contributed by atoms with Crippen molar-refractivity contribution in [1.82, 2.24) is 20.1 Å². The van der Waals surface area contributed by atoms with Crippen LogP contribution < -0.4 is 11.3 Å². The maximum absolute atomic E-state index is 6.24. The number of hydrogen-bond donors (Lipinski definition) is 2. The summed E-state index contributed by atoms with van der Waals surface area (Å²) in [6.45, 7) is 3.38. The van der Waals surface area contributed by atoms with Gasteiger partial charge in [-0.1, -0.05) is 11.6 Å². The Kier molecular flexibility index (Phi) is 8.82. The normalized spacial score (nSPS) is 13.0. The third-order valence-electron chi connectivity index (χ3n) is 3.11. The molecule has 1 atom stereocenters. The van der Waals surface area contributed by atoms with E-state index < -0.39 is 0 Å². The van der Waals surface area contributed by atoms with E-state index in [1.807, 2.05) is 18.8 Å². The summed E-state index contributed by atoms with van der Waals surface area (Å²) in [6.07, 6.45) is 2.37. The van der Waals surface area contributed by atoms with Gasteiger partial charge in [-0.2, -0.15) is 5.10 Å². The van der Waals surface area contributed by atoms with Gasteiger partial charge in [0.1, 0.15) is 0 Å². The SMILES string of the molecule is COCCOCCC(NN)c1c(Cl)cnn1CCN(C)C. The fourth-order valence-electron chi connectivity index (χ4n) is 1.94. The van der Waals surface area contributed by atoms with Crippen LogP contribution in [-0.2, 0) is 16.0 Å². The second kappa shape index (κ2) is 10.1. The predicted molar refractivity (Wildman–Crippen MR) is 83.2 cm³/mol. The van der Waals surface area contributed by atoms with Crippen LogP contribution in [0.3, 0.4) is 0 Å². The summed E-state index contributed by atoms with van der Waals surface area (Å²) < 4.78 is 12.3. The van der Waals surface area contributed by atoms with Crippen LogP contribution in [-0.4, -0.2) is 62.3 Å². The molecule has 0 aliphatic heterocycles. The molecule has 0 fully saturated rings. The van der Waals surface area contributed by atoms with E-state index in [4.69, 9.17) is 26.9 Å². The maximum Gasteiger partial charge on any atom is 0.0834 e. The van der Waals surface area contributed by atoms with E-state index in [-0.39, 0.29) is 6.04 Å². The third kappa shape index (κ3) is 6.29. The Morgan fingerprint density at radius 1 is 1.43 bits per heavy atom. The van der Waals surface area contributed by atoms with Crippen LogP contribution in [0.4, 0.5) is 0 Å². The quantitative estimate of drug-likeness (QED) is 0.354. The monoisotopic (exact) mass is 319 g/mol. The molecule has 1 heterocycles. The van der Waals surface area contributed by atoms with Gasteiger partial charge in [0.15, 0.2) is 0 Å². The van der Waals surface area contributed by atoms with Crippen LogP contribution in [0.5, 0.6) is 0 Å². The van der Waals surface area contributed by atoms with Gasteiger partial charge < -0.3 is 14.4 Å². The number of nitrogens with one attached hydrogen (secondary N) is 1. The molecule has 1 aromatic rings. The van der Waals surface area contributed by atoms with Crippen LogP contribution in [0.2, 0.25) is 5.02 Å². The topological polar surface area (TPSA) is 77.6 Å². The molecule has 0 spiro atoms. The van der Waals surface area contributed by atoms with Gasteiger partial charge in [0, 0.05) is 20.3 Å². The number of aromatic nitrogens is 2. The highest BCUT2D eigenvalue weighted by Crippen LogP contribution is 2.24. The Labute approximate surface area is 131 Å². The van der Waals surface area contributed by atoms with Crippen LogP contribution in [0, 0.1) is 0 Å². The summed E-state index contributed by atoms with van der Waals surface area (Å²) in [5.74, 6) is 5.66. The number of hydrogen-bond acceptors (Lipinski definition) is 6. The fourth-order valence-corrected chi connectivity index (χ4v) is 2.21. The van der Waals surface area contributed by atoms with Gasteiger partial charge in [-0.25, -0.2) is 0 Å². The molecule has 0 bridgehead atoms. The highest BCUT2D eigenvalue weighted by molar-refractivity contribution is 6.31. The lowest BCUT2D eigenvalue weighted by Gasteiger charge is -2.19. The Hall–Kier alpha value is -0.700. The summed E-state index contributed by atoms with van der Waals surface area (Å²) >= 11 is 6.24. The minimum absolute atomic E-state index is 0.0929. The van der Waals surface area contributed by atoms with Crippen molar-refractivity contribution in [2.75, 3.05) is 47.6 Å². The number of likely N-dealkylation sites (N-methyl/N-ethyl adjacent to an activating group) is 1. The van der Waals surface area contributed by atoms with Gasteiger partial charge in [-0.05, 0) is 20.5 Å². The van der Waals surface area contributed by atoms with E-state index in [9.17, 15) is 0 Å². The van der Waals surface area contributed by atoms with Gasteiger partial charge in [-0.3, -0.25) is 16.0 Å². The highest BCUT2D eigenvalue weighted by atomic mass is 35.5. The molecule has 0 saturated carbocycles. The predicted octanol–water partition coefficient (Wildman–Crippen LogP) is 0.656. The van der Waals surface area contributed by atoms with Crippen molar-refractivity contribution in [3.05, 3.63) is 16.9 Å². The van der Waals surface area contributed by atoms with E-state index in [0.717, 1.165) is 18.8 Å². The number of nitrogens with zero attached hydrogens (tertiary/aromatic N) is 3. The van der Waals surface area contributed by atoms with Crippen LogP contribution in [0.15, 0.2) is 6.20 Å². The van der Waals surface area contributed by atoms with Crippen molar-refractivity contribution in [2.45, 2.75) is 19.0 Å². The molecular formula is C13H26ClN5O2. The molecule has 8 heteroatoms. The third-order valence-corrected chi connectivity index (χ3v) is 3.40. The van der Waals surface area contributed by atoms with Crippen molar-refractivity contribution in [1.29, 1.82) is 0 Å². The molecule has 1 aromatic heterocycles. The average molecular weight is 320 g/mol. The molecule has 3 N–H and O–H groups in total. The number of nitrogens with two attached hydrogens (primary N) is 1. The summed E-state index contributed by atoms with van der Waals surface area (Å²) in [5, 5.41) is 4.93. The molecule has 21 heavy (non-hydrogen) atoms. The molecule has 0 amide bonds. The minimum Gasteiger partial charge on any atom is -0.382 e. The standard InChI is InChI=1S/C13H26ClN5O2/c1-18(2)5-6-19-13(11(14)10-16-19)12(17-15)4-7-21-9-8-20-3/h10,12,17H,4-9,15H2,1-3H3. The number of halogens is 1. The molecule has 0 aliphatic rings. The number of hydrazine groups is 1. The zero-order chi connectivity index (χ0) is 15.7. The van der Waals surface area contributed by atoms with Gasteiger partial charge >= 0.3 is 0 Å². The van der Waals surface area contributed by atoms with Gasteiger partial charge in [0.25, 0.3) is 0 Å². The Bertz CT molecular complexity index is 400. The molecule has 0 aliphatic carbocycles. The fraction of sp³-hybridized carbons (Fsp3) is 0.769. The first-order chi connectivity index (χ1) is 10.1. The second-order valence-corrected chi connectivity index (χ2v) is 5.42.